The number of carbonyl (C=O) groups is 1. The van der Waals surface area contributed by atoms with Gasteiger partial charge in [0, 0.05) is 35.1 Å². The molecule has 3 heterocycles. The molecule has 0 aliphatic carbocycles. The number of amides is 1. The first-order valence-corrected chi connectivity index (χ1v) is 7.45. The molecule has 19 heavy (non-hydrogen) atoms. The monoisotopic (exact) mass is 338 g/mol. The van der Waals surface area contributed by atoms with Crippen molar-refractivity contribution in [1.29, 1.82) is 0 Å². The number of aromatic nitrogens is 2. The lowest BCUT2D eigenvalue weighted by atomic mass is 10.2. The second-order valence-electron chi connectivity index (χ2n) is 4.13. The molecule has 0 radical (unpaired) electrons. The molecule has 0 atom stereocenters. The van der Waals surface area contributed by atoms with E-state index in [9.17, 15) is 4.79 Å². The Bertz CT molecular complexity index is 587. The first-order valence-electron chi connectivity index (χ1n) is 5.84. The fraction of sp³-hybridized carbons (Fsp3) is 0.250. The molecule has 7 heteroatoms. The van der Waals surface area contributed by atoms with Crippen molar-refractivity contribution >= 4 is 38.3 Å². The summed E-state index contributed by atoms with van der Waals surface area (Å²) in [6.45, 7) is 1.78. The van der Waals surface area contributed by atoms with E-state index in [2.05, 4.69) is 36.5 Å². The summed E-state index contributed by atoms with van der Waals surface area (Å²) in [6, 6.07) is 3.47. The molecule has 2 aromatic rings. The molecule has 0 spiro atoms. The number of hydrogen-bond donors (Lipinski definition) is 2. The third-order valence-electron chi connectivity index (χ3n) is 2.78. The van der Waals surface area contributed by atoms with E-state index in [-0.39, 0.29) is 5.91 Å². The van der Waals surface area contributed by atoms with Gasteiger partial charge in [-0.1, -0.05) is 0 Å². The number of thiazole rings is 1. The van der Waals surface area contributed by atoms with Crippen LogP contribution in [0.15, 0.2) is 22.8 Å². The van der Waals surface area contributed by atoms with Crippen LogP contribution in [0.2, 0.25) is 0 Å². The zero-order valence-corrected chi connectivity index (χ0v) is 12.3. The molecule has 1 amide bonds. The van der Waals surface area contributed by atoms with E-state index in [0.717, 1.165) is 29.7 Å². The van der Waals surface area contributed by atoms with E-state index in [1.165, 1.54) is 16.2 Å². The molecular weight excluding hydrogens is 328 g/mol. The summed E-state index contributed by atoms with van der Waals surface area (Å²) in [7, 11) is 0. The van der Waals surface area contributed by atoms with E-state index >= 15 is 0 Å². The summed E-state index contributed by atoms with van der Waals surface area (Å²) in [5.41, 5.74) is 1.47. The highest BCUT2D eigenvalue weighted by Gasteiger charge is 2.16. The Morgan fingerprint density at radius 1 is 1.47 bits per heavy atom. The Balaban J connectivity index is 1.75. The number of rotatable bonds is 2. The molecular formula is C12H11BrN4OS. The molecule has 5 nitrogen and oxygen atoms in total. The minimum absolute atomic E-state index is 0.230. The van der Waals surface area contributed by atoms with E-state index < -0.39 is 0 Å². The van der Waals surface area contributed by atoms with Crippen molar-refractivity contribution in [2.45, 2.75) is 13.0 Å². The molecule has 0 bridgehead atoms. The Labute approximate surface area is 122 Å². The lowest BCUT2D eigenvalue weighted by molar-refractivity contribution is 0.102. The molecule has 3 rings (SSSR count). The van der Waals surface area contributed by atoms with Gasteiger partial charge in [0.2, 0.25) is 0 Å². The molecule has 2 N–H and O–H groups in total. The van der Waals surface area contributed by atoms with Crippen LogP contribution in [0.3, 0.4) is 0 Å². The maximum absolute atomic E-state index is 12.0. The van der Waals surface area contributed by atoms with Crippen LogP contribution in [0.5, 0.6) is 0 Å². The van der Waals surface area contributed by atoms with Gasteiger partial charge in [-0.05, 0) is 28.1 Å². The largest absolute Gasteiger partial charge is 0.311 e. The third kappa shape index (κ3) is 2.83. The van der Waals surface area contributed by atoms with Gasteiger partial charge in [0.05, 0.1) is 5.69 Å². The smallest absolute Gasteiger partial charge is 0.276 e. The number of carbonyl (C=O) groups excluding carboxylic acids is 1. The third-order valence-corrected chi connectivity index (χ3v) is 4.27. The Kier molecular flexibility index (Phi) is 3.58. The lowest BCUT2D eigenvalue weighted by Gasteiger charge is -2.09. The predicted octanol–water partition coefficient (Wildman–Crippen LogP) is 2.20. The topological polar surface area (TPSA) is 66.9 Å². The number of anilines is 1. The van der Waals surface area contributed by atoms with Crippen LogP contribution < -0.4 is 10.6 Å². The zero-order chi connectivity index (χ0) is 13.2. The number of pyridine rings is 1. The van der Waals surface area contributed by atoms with Crippen molar-refractivity contribution in [3.05, 3.63) is 39.1 Å². The summed E-state index contributed by atoms with van der Waals surface area (Å²) in [4.78, 5) is 21.7. The predicted molar refractivity (Wildman–Crippen MR) is 77.4 cm³/mol. The Hall–Kier alpha value is -1.31. The number of nitrogens with one attached hydrogen (secondary N) is 2. The quantitative estimate of drug-likeness (QED) is 0.880. The van der Waals surface area contributed by atoms with Crippen LogP contribution in [0.1, 0.15) is 21.1 Å². The van der Waals surface area contributed by atoms with Gasteiger partial charge >= 0.3 is 0 Å². The summed E-state index contributed by atoms with van der Waals surface area (Å²) >= 11 is 4.81. The van der Waals surface area contributed by atoms with E-state index in [0.29, 0.717) is 10.8 Å². The summed E-state index contributed by atoms with van der Waals surface area (Å²) < 4.78 is 0.847. The van der Waals surface area contributed by atoms with E-state index in [1.54, 1.807) is 18.3 Å². The van der Waals surface area contributed by atoms with Crippen LogP contribution in [0.4, 0.5) is 5.13 Å². The second-order valence-corrected chi connectivity index (χ2v) is 6.13. The highest BCUT2D eigenvalue weighted by Crippen LogP contribution is 2.25. The average molecular weight is 339 g/mol. The first kappa shape index (κ1) is 12.7. The minimum Gasteiger partial charge on any atom is -0.311 e. The van der Waals surface area contributed by atoms with Gasteiger partial charge in [-0.2, -0.15) is 0 Å². The molecule has 1 aliphatic rings. The molecule has 1 aliphatic heterocycles. The summed E-state index contributed by atoms with van der Waals surface area (Å²) in [5.74, 6) is -0.230. The normalized spacial score (nSPS) is 13.9. The molecule has 98 valence electrons. The molecule has 0 unspecified atom stereocenters. The van der Waals surface area contributed by atoms with Crippen LogP contribution in [0.25, 0.3) is 0 Å². The van der Waals surface area contributed by atoms with Crippen LogP contribution in [-0.2, 0) is 13.0 Å². The van der Waals surface area contributed by atoms with Gasteiger partial charge < -0.3 is 5.32 Å². The number of hydrogen-bond acceptors (Lipinski definition) is 5. The van der Waals surface area contributed by atoms with Crippen LogP contribution in [-0.4, -0.2) is 22.4 Å². The highest BCUT2D eigenvalue weighted by molar-refractivity contribution is 9.10. The van der Waals surface area contributed by atoms with Gasteiger partial charge in [0.25, 0.3) is 5.91 Å². The first-order chi connectivity index (χ1) is 9.22. The molecule has 0 saturated carbocycles. The van der Waals surface area contributed by atoms with Crippen molar-refractivity contribution in [3.8, 4) is 0 Å². The fourth-order valence-electron chi connectivity index (χ4n) is 1.85. The van der Waals surface area contributed by atoms with Crippen molar-refractivity contribution < 1.29 is 4.79 Å². The van der Waals surface area contributed by atoms with Crippen LogP contribution >= 0.6 is 27.3 Å². The molecule has 0 aromatic carbocycles. The fourth-order valence-corrected chi connectivity index (χ4v) is 3.06. The second kappa shape index (κ2) is 5.36. The number of nitrogens with zero attached hydrogens (tertiary/aromatic N) is 2. The van der Waals surface area contributed by atoms with E-state index in [4.69, 9.17) is 0 Å². The highest BCUT2D eigenvalue weighted by atomic mass is 79.9. The Morgan fingerprint density at radius 3 is 3.11 bits per heavy atom. The van der Waals surface area contributed by atoms with Gasteiger partial charge in [0.1, 0.15) is 5.69 Å². The van der Waals surface area contributed by atoms with Crippen molar-refractivity contribution in [3.63, 3.8) is 0 Å². The standard InChI is InChI=1S/C12H11BrN4OS/c13-7-1-2-9(15-5-7)11(18)17-12-16-8-3-4-14-6-10(8)19-12/h1-2,5,14H,3-4,6H2,(H,16,17,18). The Morgan fingerprint density at radius 2 is 2.37 bits per heavy atom. The van der Waals surface area contributed by atoms with Crippen LogP contribution in [0, 0.1) is 0 Å². The van der Waals surface area contributed by atoms with Gasteiger partial charge in [-0.25, -0.2) is 9.97 Å². The minimum atomic E-state index is -0.230. The molecule has 0 saturated heterocycles. The van der Waals surface area contributed by atoms with E-state index in [1.807, 2.05) is 0 Å². The van der Waals surface area contributed by atoms with Crippen molar-refractivity contribution in [2.75, 3.05) is 11.9 Å². The molecule has 0 fully saturated rings. The summed E-state index contributed by atoms with van der Waals surface area (Å²) in [6.07, 6.45) is 2.52. The number of fused-ring (bicyclic) bond motifs is 1. The van der Waals surface area contributed by atoms with Gasteiger partial charge in [-0.3, -0.25) is 10.1 Å². The lowest BCUT2D eigenvalue weighted by Crippen LogP contribution is -2.22. The average Bonchev–Trinajstić information content (AvgIpc) is 2.81. The maximum atomic E-state index is 12.0. The maximum Gasteiger partial charge on any atom is 0.276 e. The number of halogens is 1. The molecule has 2 aromatic heterocycles. The van der Waals surface area contributed by atoms with Gasteiger partial charge in [0.15, 0.2) is 5.13 Å². The van der Waals surface area contributed by atoms with Crippen molar-refractivity contribution in [1.82, 2.24) is 15.3 Å². The van der Waals surface area contributed by atoms with Crippen molar-refractivity contribution in [2.24, 2.45) is 0 Å². The zero-order valence-electron chi connectivity index (χ0n) is 9.94. The SMILES string of the molecule is O=C(Nc1nc2c(s1)CNCC2)c1ccc(Br)cn1. The summed E-state index contributed by atoms with van der Waals surface area (Å²) in [5, 5.41) is 6.73. The van der Waals surface area contributed by atoms with Gasteiger partial charge in [-0.15, -0.1) is 11.3 Å².